The SMILES string of the molecule is Cn1c(=O)c2c(nc(NCCO)n2Cc2ccc(Cl)cc2Cl)n(C)c1=O. The molecule has 0 aliphatic heterocycles. The number of aliphatic hydroxyl groups is 1. The lowest BCUT2D eigenvalue weighted by molar-refractivity contribution is 0.310. The highest BCUT2D eigenvalue weighted by Gasteiger charge is 2.19. The largest absolute Gasteiger partial charge is 0.395 e. The molecule has 2 N–H and O–H groups in total. The van der Waals surface area contributed by atoms with Crippen molar-refractivity contribution < 1.29 is 5.11 Å². The Hall–Kier alpha value is -2.29. The second kappa shape index (κ2) is 7.14. The molecule has 0 bridgehead atoms. The van der Waals surface area contributed by atoms with E-state index in [1.54, 1.807) is 29.8 Å². The number of aryl methyl sites for hydroxylation is 1. The van der Waals surface area contributed by atoms with Crippen LogP contribution in [-0.2, 0) is 20.6 Å². The van der Waals surface area contributed by atoms with Gasteiger partial charge in [-0.15, -0.1) is 0 Å². The van der Waals surface area contributed by atoms with Crippen molar-refractivity contribution in [1.82, 2.24) is 18.7 Å². The van der Waals surface area contributed by atoms with Gasteiger partial charge in [-0.2, -0.15) is 4.98 Å². The normalized spacial score (nSPS) is 11.3. The van der Waals surface area contributed by atoms with Crippen molar-refractivity contribution in [1.29, 1.82) is 0 Å². The van der Waals surface area contributed by atoms with E-state index in [0.29, 0.717) is 16.0 Å². The Labute approximate surface area is 158 Å². The Morgan fingerprint density at radius 3 is 2.58 bits per heavy atom. The molecule has 0 saturated heterocycles. The fraction of sp³-hybridized carbons (Fsp3) is 0.312. The van der Waals surface area contributed by atoms with Gasteiger partial charge >= 0.3 is 5.69 Å². The van der Waals surface area contributed by atoms with Gasteiger partial charge < -0.3 is 10.4 Å². The minimum atomic E-state index is -0.467. The number of hydrogen-bond donors (Lipinski definition) is 2. The first kappa shape index (κ1) is 18.5. The van der Waals surface area contributed by atoms with Crippen LogP contribution < -0.4 is 16.6 Å². The average molecular weight is 398 g/mol. The molecule has 3 aromatic rings. The lowest BCUT2D eigenvalue weighted by Gasteiger charge is -2.12. The Morgan fingerprint density at radius 1 is 1.19 bits per heavy atom. The fourth-order valence-electron chi connectivity index (χ4n) is 2.72. The first-order valence-corrected chi connectivity index (χ1v) is 8.55. The summed E-state index contributed by atoms with van der Waals surface area (Å²) in [6.07, 6.45) is 0. The lowest BCUT2D eigenvalue weighted by atomic mass is 10.2. The van der Waals surface area contributed by atoms with E-state index in [1.165, 1.54) is 11.6 Å². The second-order valence-electron chi connectivity index (χ2n) is 5.79. The van der Waals surface area contributed by atoms with Crippen molar-refractivity contribution >= 4 is 40.3 Å². The number of hydrogen-bond acceptors (Lipinski definition) is 5. The van der Waals surface area contributed by atoms with Crippen LogP contribution in [0, 0.1) is 0 Å². The van der Waals surface area contributed by atoms with Crippen molar-refractivity contribution in [3.05, 3.63) is 54.6 Å². The first-order valence-electron chi connectivity index (χ1n) is 7.80. The van der Waals surface area contributed by atoms with Crippen LogP contribution in [0.25, 0.3) is 11.2 Å². The molecule has 138 valence electrons. The van der Waals surface area contributed by atoms with E-state index in [2.05, 4.69) is 10.3 Å². The molecule has 0 atom stereocenters. The van der Waals surface area contributed by atoms with Crippen LogP contribution in [-0.4, -0.2) is 36.9 Å². The summed E-state index contributed by atoms with van der Waals surface area (Å²) >= 11 is 12.2. The average Bonchev–Trinajstić information content (AvgIpc) is 2.97. The van der Waals surface area contributed by atoms with E-state index < -0.39 is 11.2 Å². The zero-order chi connectivity index (χ0) is 19.0. The number of fused-ring (bicyclic) bond motifs is 1. The molecular formula is C16H17Cl2N5O3. The summed E-state index contributed by atoms with van der Waals surface area (Å²) in [5.74, 6) is 0.360. The molecule has 2 heterocycles. The van der Waals surface area contributed by atoms with Crippen LogP contribution in [0.1, 0.15) is 5.56 Å². The van der Waals surface area contributed by atoms with Crippen LogP contribution in [0.15, 0.2) is 27.8 Å². The molecular weight excluding hydrogens is 381 g/mol. The van der Waals surface area contributed by atoms with E-state index in [-0.39, 0.29) is 30.9 Å². The van der Waals surface area contributed by atoms with Crippen LogP contribution in [0.3, 0.4) is 0 Å². The van der Waals surface area contributed by atoms with Crippen molar-refractivity contribution in [2.24, 2.45) is 14.1 Å². The third kappa shape index (κ3) is 3.11. The summed E-state index contributed by atoms with van der Waals surface area (Å²) in [4.78, 5) is 29.2. The molecule has 0 aliphatic carbocycles. The van der Waals surface area contributed by atoms with Gasteiger partial charge in [0.15, 0.2) is 11.2 Å². The summed E-state index contributed by atoms with van der Waals surface area (Å²) in [6.45, 7) is 0.376. The van der Waals surface area contributed by atoms with E-state index in [1.807, 2.05) is 0 Å². The lowest BCUT2D eigenvalue weighted by Crippen LogP contribution is -2.37. The summed E-state index contributed by atoms with van der Waals surface area (Å²) in [6, 6.07) is 5.08. The molecule has 3 rings (SSSR count). The highest BCUT2D eigenvalue weighted by molar-refractivity contribution is 6.35. The minimum absolute atomic E-state index is 0.109. The molecule has 2 aromatic heterocycles. The molecule has 0 spiro atoms. The maximum Gasteiger partial charge on any atom is 0.332 e. The highest BCUT2D eigenvalue weighted by atomic mass is 35.5. The summed E-state index contributed by atoms with van der Waals surface area (Å²) < 4.78 is 3.97. The smallest absolute Gasteiger partial charge is 0.332 e. The Bertz CT molecular complexity index is 1100. The summed E-state index contributed by atoms with van der Waals surface area (Å²) in [7, 11) is 2.96. The van der Waals surface area contributed by atoms with Gasteiger partial charge in [0.05, 0.1) is 13.2 Å². The maximum atomic E-state index is 12.7. The van der Waals surface area contributed by atoms with Gasteiger partial charge in [0.2, 0.25) is 5.95 Å². The van der Waals surface area contributed by atoms with Gasteiger partial charge in [-0.05, 0) is 17.7 Å². The third-order valence-corrected chi connectivity index (χ3v) is 4.67. The number of rotatable bonds is 5. The molecule has 0 saturated carbocycles. The fourth-order valence-corrected chi connectivity index (χ4v) is 3.19. The molecule has 26 heavy (non-hydrogen) atoms. The molecule has 0 unspecified atom stereocenters. The van der Waals surface area contributed by atoms with E-state index in [4.69, 9.17) is 28.3 Å². The molecule has 8 nitrogen and oxygen atoms in total. The number of aromatic nitrogens is 4. The molecule has 10 heteroatoms. The summed E-state index contributed by atoms with van der Waals surface area (Å²) in [5.41, 5.74) is 0.325. The quantitative estimate of drug-likeness (QED) is 0.674. The van der Waals surface area contributed by atoms with E-state index in [0.717, 1.165) is 10.1 Å². The Balaban J connectivity index is 2.27. The van der Waals surface area contributed by atoms with Gasteiger partial charge in [0.25, 0.3) is 5.56 Å². The van der Waals surface area contributed by atoms with E-state index >= 15 is 0 Å². The zero-order valence-corrected chi connectivity index (χ0v) is 15.7. The highest BCUT2D eigenvalue weighted by Crippen LogP contribution is 2.24. The monoisotopic (exact) mass is 397 g/mol. The van der Waals surface area contributed by atoms with Gasteiger partial charge in [-0.1, -0.05) is 29.3 Å². The van der Waals surface area contributed by atoms with Crippen LogP contribution in [0.4, 0.5) is 5.95 Å². The number of aliphatic hydroxyl groups excluding tert-OH is 1. The number of benzene rings is 1. The number of imidazole rings is 1. The maximum absolute atomic E-state index is 12.7. The number of anilines is 1. The Morgan fingerprint density at radius 2 is 1.92 bits per heavy atom. The van der Waals surface area contributed by atoms with Crippen molar-refractivity contribution in [2.45, 2.75) is 6.54 Å². The third-order valence-electron chi connectivity index (χ3n) is 4.09. The van der Waals surface area contributed by atoms with Crippen molar-refractivity contribution in [3.63, 3.8) is 0 Å². The standard InChI is InChI=1S/C16H17Cl2N5O3/c1-21-13-12(14(25)22(2)16(21)26)23(15(20-13)19-5-6-24)8-9-3-4-10(17)7-11(9)18/h3-4,7,24H,5-6,8H2,1-2H3,(H,19,20). The molecule has 0 radical (unpaired) electrons. The van der Waals surface area contributed by atoms with Gasteiger partial charge in [-0.25, -0.2) is 4.79 Å². The van der Waals surface area contributed by atoms with Gasteiger partial charge in [0, 0.05) is 30.7 Å². The molecule has 0 aliphatic rings. The molecule has 0 fully saturated rings. The predicted molar refractivity (Wildman–Crippen MR) is 101 cm³/mol. The number of nitrogens with zero attached hydrogens (tertiary/aromatic N) is 4. The molecule has 1 aromatic carbocycles. The second-order valence-corrected chi connectivity index (χ2v) is 6.63. The predicted octanol–water partition coefficient (Wildman–Crippen LogP) is 1.19. The minimum Gasteiger partial charge on any atom is -0.395 e. The van der Waals surface area contributed by atoms with Crippen LogP contribution in [0.5, 0.6) is 0 Å². The van der Waals surface area contributed by atoms with Crippen molar-refractivity contribution in [3.8, 4) is 0 Å². The first-order chi connectivity index (χ1) is 12.3. The molecule has 0 amide bonds. The zero-order valence-electron chi connectivity index (χ0n) is 14.2. The van der Waals surface area contributed by atoms with Crippen LogP contribution in [0.2, 0.25) is 10.0 Å². The van der Waals surface area contributed by atoms with Crippen molar-refractivity contribution in [2.75, 3.05) is 18.5 Å². The van der Waals surface area contributed by atoms with Crippen LogP contribution >= 0.6 is 23.2 Å². The van der Waals surface area contributed by atoms with E-state index in [9.17, 15) is 9.59 Å². The number of halogens is 2. The van der Waals surface area contributed by atoms with Gasteiger partial charge in [0.1, 0.15) is 0 Å². The summed E-state index contributed by atoms with van der Waals surface area (Å²) in [5, 5.41) is 13.0. The number of nitrogens with one attached hydrogen (secondary N) is 1. The Kier molecular flexibility index (Phi) is 5.08. The van der Waals surface area contributed by atoms with Gasteiger partial charge in [-0.3, -0.25) is 18.5 Å². The topological polar surface area (TPSA) is 94.1 Å².